The Balaban J connectivity index is 4.15. The highest BCUT2D eigenvalue weighted by Crippen LogP contribution is 2.23. The molecule has 0 saturated carbocycles. The van der Waals surface area contributed by atoms with Crippen molar-refractivity contribution in [1.29, 1.82) is 0 Å². The third kappa shape index (κ3) is 52.1. The van der Waals surface area contributed by atoms with Gasteiger partial charge < -0.3 is 0 Å². The summed E-state index contributed by atoms with van der Waals surface area (Å²) in [5, 5.41) is 0. The van der Waals surface area contributed by atoms with Gasteiger partial charge in [-0.3, -0.25) is 9.59 Å². The average molecular weight is 898 g/mol. The molecule has 0 saturated heterocycles. The van der Waals surface area contributed by atoms with E-state index >= 15 is 0 Å². The molecule has 0 heterocycles. The van der Waals surface area contributed by atoms with E-state index in [1.165, 1.54) is 295 Å². The van der Waals surface area contributed by atoms with Gasteiger partial charge in [0.05, 0.1) is 0 Å². The lowest BCUT2D eigenvalue weighted by Crippen LogP contribution is -2.16. The molecule has 380 valence electrons. The summed E-state index contributed by atoms with van der Waals surface area (Å²) in [5.41, 5.74) is 0. The summed E-state index contributed by atoms with van der Waals surface area (Å²) in [6.07, 6.45) is 75.3. The van der Waals surface area contributed by atoms with Crippen LogP contribution < -0.4 is 0 Å². The molecule has 0 aromatic carbocycles. The van der Waals surface area contributed by atoms with Gasteiger partial charge in [0.1, 0.15) is 11.6 Å². The van der Waals surface area contributed by atoms with Gasteiger partial charge in [-0.25, -0.2) is 0 Å². The lowest BCUT2D eigenvalue weighted by atomic mass is 9.88. The lowest BCUT2D eigenvalue weighted by Gasteiger charge is -2.16. The first-order valence-electron chi connectivity index (χ1n) is 30.3. The smallest absolute Gasteiger partial charge is 0.135 e. The van der Waals surface area contributed by atoms with Gasteiger partial charge in [0.15, 0.2) is 0 Å². The first kappa shape index (κ1) is 63.1. The maximum atomic E-state index is 13.5. The molecule has 0 aliphatic rings. The fraction of sp³-hybridized carbons (Fsp3) is 0.935. The predicted octanol–water partition coefficient (Wildman–Crippen LogP) is 22.4. The zero-order chi connectivity index (χ0) is 46.3. The largest absolute Gasteiger partial charge is 0.300 e. The third-order valence-electron chi connectivity index (χ3n) is 14.6. The van der Waals surface area contributed by atoms with E-state index in [0.717, 1.165) is 44.9 Å². The summed E-state index contributed by atoms with van der Waals surface area (Å²) >= 11 is 0. The van der Waals surface area contributed by atoms with Crippen molar-refractivity contribution >= 4 is 11.6 Å². The Labute approximate surface area is 405 Å². The summed E-state index contributed by atoms with van der Waals surface area (Å²) in [5.74, 6) is 0.971. The fourth-order valence-corrected chi connectivity index (χ4v) is 10.0. The van der Waals surface area contributed by atoms with Crippen LogP contribution in [-0.2, 0) is 9.59 Å². The van der Waals surface area contributed by atoms with Crippen LogP contribution in [0, 0.1) is 5.92 Å². The number of unbranched alkanes of at least 4 members (excludes halogenated alkanes) is 45. The number of carbonyl (C=O) groups is 2. The molecule has 1 unspecified atom stereocenters. The van der Waals surface area contributed by atoms with Crippen molar-refractivity contribution in [1.82, 2.24) is 0 Å². The second kappa shape index (κ2) is 56.4. The minimum absolute atomic E-state index is 0.104. The lowest BCUT2D eigenvalue weighted by molar-refractivity contribution is -0.124. The standard InChI is InChI=1S/C62H120O2/c1-4-7-10-13-16-19-22-25-27-29-31-33-35-38-41-44-47-50-53-56-61(63)59-58-60(55-52-49-46-43-40-37-24-21-18-15-12-9-6-3)62(64)57-54-51-48-45-42-39-36-34-32-30-28-26-23-20-17-14-11-8-5-2/h37,40,60H,4-36,38-39,41-59H2,1-3H3/b40-37-. The van der Waals surface area contributed by atoms with Crippen LogP contribution in [0.2, 0.25) is 0 Å². The van der Waals surface area contributed by atoms with E-state index in [4.69, 9.17) is 0 Å². The molecular formula is C62H120O2. The van der Waals surface area contributed by atoms with Gasteiger partial charge in [-0.1, -0.05) is 309 Å². The van der Waals surface area contributed by atoms with E-state index in [-0.39, 0.29) is 5.92 Å². The number of Topliss-reactive ketones (excluding diaryl/α,β-unsaturated/α-hetero) is 2. The molecule has 0 amide bonds. The molecule has 64 heavy (non-hydrogen) atoms. The minimum Gasteiger partial charge on any atom is -0.300 e. The average Bonchev–Trinajstić information content (AvgIpc) is 3.30. The highest BCUT2D eigenvalue weighted by molar-refractivity contribution is 5.83. The molecule has 0 N–H and O–H groups in total. The Bertz CT molecular complexity index is 920. The van der Waals surface area contributed by atoms with Crippen molar-refractivity contribution in [3.8, 4) is 0 Å². The van der Waals surface area contributed by atoms with Crippen LogP contribution in [-0.4, -0.2) is 11.6 Å². The first-order valence-corrected chi connectivity index (χ1v) is 30.3. The second-order valence-electron chi connectivity index (χ2n) is 21.1. The van der Waals surface area contributed by atoms with E-state index in [9.17, 15) is 9.59 Å². The molecule has 0 aromatic heterocycles. The monoisotopic (exact) mass is 897 g/mol. The molecule has 0 bridgehead atoms. The van der Waals surface area contributed by atoms with Gasteiger partial charge >= 0.3 is 0 Å². The van der Waals surface area contributed by atoms with E-state index in [0.29, 0.717) is 18.0 Å². The molecule has 2 heteroatoms. The van der Waals surface area contributed by atoms with Crippen LogP contribution in [0.4, 0.5) is 0 Å². The molecule has 0 fully saturated rings. The number of rotatable bonds is 57. The molecular weight excluding hydrogens is 777 g/mol. The second-order valence-corrected chi connectivity index (χ2v) is 21.1. The van der Waals surface area contributed by atoms with Gasteiger partial charge in [0.25, 0.3) is 0 Å². The van der Waals surface area contributed by atoms with Gasteiger partial charge in [-0.2, -0.15) is 0 Å². The normalized spacial score (nSPS) is 12.2. The van der Waals surface area contributed by atoms with E-state index in [1.54, 1.807) is 0 Å². The molecule has 0 aliphatic heterocycles. The molecule has 0 aromatic rings. The van der Waals surface area contributed by atoms with Crippen LogP contribution in [0.1, 0.15) is 367 Å². The Hall–Kier alpha value is -0.920. The van der Waals surface area contributed by atoms with E-state index in [2.05, 4.69) is 32.9 Å². The van der Waals surface area contributed by atoms with Crippen LogP contribution in [0.5, 0.6) is 0 Å². The molecule has 0 spiro atoms. The highest BCUT2D eigenvalue weighted by Gasteiger charge is 2.19. The quantitative estimate of drug-likeness (QED) is 0.0450. The van der Waals surface area contributed by atoms with Gasteiger partial charge in [0.2, 0.25) is 0 Å². The van der Waals surface area contributed by atoms with Crippen molar-refractivity contribution in [2.45, 2.75) is 367 Å². The van der Waals surface area contributed by atoms with E-state index in [1.807, 2.05) is 0 Å². The van der Waals surface area contributed by atoms with Gasteiger partial charge in [-0.05, 0) is 51.4 Å². The summed E-state index contributed by atoms with van der Waals surface area (Å²) in [7, 11) is 0. The fourth-order valence-electron chi connectivity index (χ4n) is 10.0. The summed E-state index contributed by atoms with van der Waals surface area (Å²) < 4.78 is 0. The van der Waals surface area contributed by atoms with Crippen LogP contribution in [0.25, 0.3) is 0 Å². The number of hydrogen-bond donors (Lipinski definition) is 0. The van der Waals surface area contributed by atoms with E-state index < -0.39 is 0 Å². The van der Waals surface area contributed by atoms with Crippen molar-refractivity contribution in [3.63, 3.8) is 0 Å². The number of ketones is 2. The van der Waals surface area contributed by atoms with Crippen LogP contribution >= 0.6 is 0 Å². The molecule has 2 nitrogen and oxygen atoms in total. The first-order chi connectivity index (χ1) is 31.7. The Morgan fingerprint density at radius 3 is 0.828 bits per heavy atom. The molecule has 0 aliphatic carbocycles. The van der Waals surface area contributed by atoms with Crippen LogP contribution in [0.3, 0.4) is 0 Å². The highest BCUT2D eigenvalue weighted by atomic mass is 16.1. The Morgan fingerprint density at radius 2 is 0.516 bits per heavy atom. The summed E-state index contributed by atoms with van der Waals surface area (Å²) in [4.78, 5) is 26.5. The Kier molecular flexibility index (Phi) is 55.6. The van der Waals surface area contributed by atoms with Gasteiger partial charge in [-0.15, -0.1) is 0 Å². The summed E-state index contributed by atoms with van der Waals surface area (Å²) in [6, 6.07) is 0. The Morgan fingerprint density at radius 1 is 0.266 bits per heavy atom. The van der Waals surface area contributed by atoms with Crippen molar-refractivity contribution in [2.75, 3.05) is 0 Å². The minimum atomic E-state index is 0.104. The SMILES string of the molecule is CCCCCCCC/C=C\CCCCCC(CCC(=O)CCCCCCCCCCCCCCCCCCCCC)C(=O)CCCCCCCCCCCCCCCCCCCCC. The topological polar surface area (TPSA) is 34.1 Å². The zero-order valence-corrected chi connectivity index (χ0v) is 44.7. The maximum Gasteiger partial charge on any atom is 0.135 e. The maximum absolute atomic E-state index is 13.5. The van der Waals surface area contributed by atoms with Gasteiger partial charge in [0, 0.05) is 25.2 Å². The summed E-state index contributed by atoms with van der Waals surface area (Å²) in [6.45, 7) is 6.89. The predicted molar refractivity (Wildman–Crippen MR) is 289 cm³/mol. The van der Waals surface area contributed by atoms with Crippen molar-refractivity contribution in [3.05, 3.63) is 12.2 Å². The molecule has 0 radical (unpaired) electrons. The van der Waals surface area contributed by atoms with Crippen molar-refractivity contribution in [2.24, 2.45) is 5.92 Å². The number of allylic oxidation sites excluding steroid dienone is 2. The number of hydrogen-bond acceptors (Lipinski definition) is 2. The molecule has 1 atom stereocenters. The third-order valence-corrected chi connectivity index (χ3v) is 14.6. The van der Waals surface area contributed by atoms with Crippen LogP contribution in [0.15, 0.2) is 12.2 Å². The zero-order valence-electron chi connectivity index (χ0n) is 44.7. The van der Waals surface area contributed by atoms with Crippen molar-refractivity contribution < 1.29 is 9.59 Å². The number of carbonyl (C=O) groups excluding carboxylic acids is 2. The molecule has 0 rings (SSSR count).